The summed E-state index contributed by atoms with van der Waals surface area (Å²) in [6.45, 7) is 1.98. The largest absolute Gasteiger partial charge is 0.459 e. The summed E-state index contributed by atoms with van der Waals surface area (Å²) in [4.78, 5) is 15.8. The number of carbonyl (C=O) groups excluding carboxylic acids is 1. The maximum absolute atomic E-state index is 14.4. The molecule has 7 nitrogen and oxygen atoms in total. The van der Waals surface area contributed by atoms with E-state index in [1.807, 2.05) is 18.2 Å². The molecule has 160 valence electrons. The molecule has 0 saturated carbocycles. The number of benzene rings is 1. The van der Waals surface area contributed by atoms with Crippen LogP contribution in [0.2, 0.25) is 0 Å². The number of halogens is 1. The zero-order chi connectivity index (χ0) is 21.6. The van der Waals surface area contributed by atoms with Crippen molar-refractivity contribution >= 4 is 33.7 Å². The standard InChI is InChI=1S/C22H20FN3O4S/c1-28-9-8-24-12-15-3-5-19(29-15)21-11-17-22(31-21)20(6-7-25-17)30-18-4-2-14(26-13-27)10-16(18)23/h2-7,10-11,13,24H,8-9,12H2,1H3,(H,26,27). The van der Waals surface area contributed by atoms with Crippen LogP contribution >= 0.6 is 11.3 Å². The summed E-state index contributed by atoms with van der Waals surface area (Å²) in [6, 6.07) is 11.7. The summed E-state index contributed by atoms with van der Waals surface area (Å²) in [5.41, 5.74) is 1.08. The Bertz CT molecular complexity index is 1190. The summed E-state index contributed by atoms with van der Waals surface area (Å²) in [5.74, 6) is 1.52. The van der Waals surface area contributed by atoms with Crippen molar-refractivity contribution in [3.8, 4) is 22.1 Å². The molecule has 1 aromatic carbocycles. The van der Waals surface area contributed by atoms with E-state index >= 15 is 0 Å². The van der Waals surface area contributed by atoms with Crippen molar-refractivity contribution in [1.82, 2.24) is 10.3 Å². The molecule has 0 radical (unpaired) electrons. The zero-order valence-electron chi connectivity index (χ0n) is 16.7. The highest BCUT2D eigenvalue weighted by Crippen LogP contribution is 2.40. The number of furan rings is 1. The average molecular weight is 441 g/mol. The van der Waals surface area contributed by atoms with Crippen molar-refractivity contribution in [3.05, 3.63) is 60.2 Å². The third-order valence-corrected chi connectivity index (χ3v) is 5.59. The average Bonchev–Trinajstić information content (AvgIpc) is 3.41. The Hall–Kier alpha value is -3.27. The first-order valence-electron chi connectivity index (χ1n) is 9.53. The van der Waals surface area contributed by atoms with E-state index in [2.05, 4.69) is 15.6 Å². The van der Waals surface area contributed by atoms with Gasteiger partial charge < -0.3 is 24.5 Å². The smallest absolute Gasteiger partial charge is 0.211 e. The van der Waals surface area contributed by atoms with Gasteiger partial charge in [-0.1, -0.05) is 0 Å². The van der Waals surface area contributed by atoms with Crippen molar-refractivity contribution < 1.29 is 23.1 Å². The number of nitrogens with one attached hydrogen (secondary N) is 2. The van der Waals surface area contributed by atoms with Crippen LogP contribution < -0.4 is 15.4 Å². The molecule has 31 heavy (non-hydrogen) atoms. The van der Waals surface area contributed by atoms with E-state index < -0.39 is 5.82 Å². The van der Waals surface area contributed by atoms with Crippen LogP contribution in [-0.2, 0) is 16.1 Å². The van der Waals surface area contributed by atoms with E-state index in [-0.39, 0.29) is 5.75 Å². The van der Waals surface area contributed by atoms with Gasteiger partial charge in [0.1, 0.15) is 17.3 Å². The van der Waals surface area contributed by atoms with Gasteiger partial charge in [-0.05, 0) is 30.3 Å². The van der Waals surface area contributed by atoms with Crippen LogP contribution in [0.25, 0.3) is 20.9 Å². The zero-order valence-corrected chi connectivity index (χ0v) is 17.5. The highest BCUT2D eigenvalue weighted by molar-refractivity contribution is 7.22. The second-order valence-corrected chi connectivity index (χ2v) is 7.63. The molecule has 0 aliphatic carbocycles. The van der Waals surface area contributed by atoms with Crippen LogP contribution in [0.5, 0.6) is 11.5 Å². The molecular weight excluding hydrogens is 421 g/mol. The van der Waals surface area contributed by atoms with Gasteiger partial charge in [-0.25, -0.2) is 4.39 Å². The van der Waals surface area contributed by atoms with E-state index in [0.717, 1.165) is 33.2 Å². The van der Waals surface area contributed by atoms with Gasteiger partial charge in [0, 0.05) is 37.7 Å². The molecule has 1 amide bonds. The first kappa shape index (κ1) is 21.0. The monoisotopic (exact) mass is 441 g/mol. The second-order valence-electron chi connectivity index (χ2n) is 6.58. The fraction of sp³-hybridized carbons (Fsp3) is 0.182. The number of rotatable bonds is 10. The SMILES string of the molecule is COCCNCc1ccc(-c2cc3nccc(Oc4ccc(NC=O)cc4F)c3s2)o1. The van der Waals surface area contributed by atoms with Gasteiger partial charge >= 0.3 is 0 Å². The predicted molar refractivity (Wildman–Crippen MR) is 117 cm³/mol. The number of ether oxygens (including phenoxy) is 2. The molecule has 3 heterocycles. The van der Waals surface area contributed by atoms with Crippen LogP contribution in [0.1, 0.15) is 5.76 Å². The molecule has 2 N–H and O–H groups in total. The van der Waals surface area contributed by atoms with Crippen LogP contribution in [0.3, 0.4) is 0 Å². The summed E-state index contributed by atoms with van der Waals surface area (Å²) in [5, 5.41) is 5.65. The first-order chi connectivity index (χ1) is 15.2. The first-order valence-corrected chi connectivity index (χ1v) is 10.3. The Balaban J connectivity index is 1.55. The van der Waals surface area contributed by atoms with Gasteiger partial charge in [-0.15, -0.1) is 11.3 Å². The van der Waals surface area contributed by atoms with E-state index in [1.165, 1.54) is 23.5 Å². The Morgan fingerprint density at radius 1 is 1.19 bits per heavy atom. The quantitative estimate of drug-likeness (QED) is 0.272. The summed E-state index contributed by atoms with van der Waals surface area (Å²) >= 11 is 1.46. The summed E-state index contributed by atoms with van der Waals surface area (Å²) < 4.78 is 31.9. The number of carbonyl (C=O) groups is 1. The lowest BCUT2D eigenvalue weighted by Crippen LogP contribution is -2.18. The number of anilines is 1. The minimum Gasteiger partial charge on any atom is -0.459 e. The Labute approximate surface area is 181 Å². The van der Waals surface area contributed by atoms with Crippen molar-refractivity contribution in [3.63, 3.8) is 0 Å². The van der Waals surface area contributed by atoms with Gasteiger partial charge in [-0.3, -0.25) is 9.78 Å². The normalized spacial score (nSPS) is 11.0. The maximum atomic E-state index is 14.4. The number of methoxy groups -OCH3 is 1. The summed E-state index contributed by atoms with van der Waals surface area (Å²) in [6.07, 6.45) is 2.10. The van der Waals surface area contributed by atoms with Crippen molar-refractivity contribution in [2.75, 3.05) is 25.6 Å². The minimum absolute atomic E-state index is 0.0568. The topological polar surface area (TPSA) is 85.6 Å². The lowest BCUT2D eigenvalue weighted by Gasteiger charge is -2.08. The van der Waals surface area contributed by atoms with Crippen molar-refractivity contribution in [2.24, 2.45) is 0 Å². The Morgan fingerprint density at radius 2 is 2.10 bits per heavy atom. The molecule has 9 heteroatoms. The van der Waals surface area contributed by atoms with E-state index in [0.29, 0.717) is 31.0 Å². The van der Waals surface area contributed by atoms with Crippen LogP contribution in [0.15, 0.2) is 53.1 Å². The minimum atomic E-state index is -0.578. The molecule has 0 bridgehead atoms. The third kappa shape index (κ3) is 4.91. The number of aromatic nitrogens is 1. The van der Waals surface area contributed by atoms with Gasteiger partial charge in [0.2, 0.25) is 6.41 Å². The van der Waals surface area contributed by atoms with Crippen LogP contribution in [0, 0.1) is 5.82 Å². The maximum Gasteiger partial charge on any atom is 0.211 e. The molecule has 4 aromatic rings. The second kappa shape index (κ2) is 9.69. The van der Waals surface area contributed by atoms with Gasteiger partial charge in [0.05, 0.1) is 28.2 Å². The number of amides is 1. The van der Waals surface area contributed by atoms with Crippen LogP contribution in [0.4, 0.5) is 10.1 Å². The number of nitrogens with zero attached hydrogens (tertiary/aromatic N) is 1. The molecule has 0 aliphatic rings. The third-order valence-electron chi connectivity index (χ3n) is 4.44. The highest BCUT2D eigenvalue weighted by Gasteiger charge is 2.15. The molecule has 4 rings (SSSR count). The van der Waals surface area contributed by atoms with Gasteiger partial charge in [-0.2, -0.15) is 0 Å². The summed E-state index contributed by atoms with van der Waals surface area (Å²) in [7, 11) is 1.66. The van der Waals surface area contributed by atoms with Gasteiger partial charge in [0.15, 0.2) is 11.6 Å². The highest BCUT2D eigenvalue weighted by atomic mass is 32.1. The van der Waals surface area contributed by atoms with Crippen molar-refractivity contribution in [1.29, 1.82) is 0 Å². The van der Waals surface area contributed by atoms with Gasteiger partial charge in [0.25, 0.3) is 0 Å². The number of thiophene rings is 1. The Kier molecular flexibility index (Phi) is 6.56. The van der Waals surface area contributed by atoms with Crippen LogP contribution in [-0.4, -0.2) is 31.7 Å². The molecule has 0 fully saturated rings. The van der Waals surface area contributed by atoms with E-state index in [4.69, 9.17) is 13.9 Å². The molecule has 0 spiro atoms. The number of hydrogen-bond donors (Lipinski definition) is 2. The van der Waals surface area contributed by atoms with Crippen molar-refractivity contribution in [2.45, 2.75) is 6.54 Å². The van der Waals surface area contributed by atoms with E-state index in [9.17, 15) is 9.18 Å². The fourth-order valence-electron chi connectivity index (χ4n) is 2.97. The number of pyridine rings is 1. The molecular formula is C22H20FN3O4S. The molecule has 3 aromatic heterocycles. The Morgan fingerprint density at radius 3 is 2.90 bits per heavy atom. The number of hydrogen-bond acceptors (Lipinski definition) is 7. The lowest BCUT2D eigenvalue weighted by molar-refractivity contribution is -0.105. The predicted octanol–water partition coefficient (Wildman–Crippen LogP) is 4.79. The lowest BCUT2D eigenvalue weighted by atomic mass is 10.3. The van der Waals surface area contributed by atoms with E-state index in [1.54, 1.807) is 25.4 Å². The molecule has 0 saturated heterocycles. The fourth-order valence-corrected chi connectivity index (χ4v) is 3.99. The number of fused-ring (bicyclic) bond motifs is 1. The molecule has 0 atom stereocenters. The molecule has 0 aliphatic heterocycles. The molecule has 0 unspecified atom stereocenters.